The predicted molar refractivity (Wildman–Crippen MR) is 152 cm³/mol. The number of nitrogens with zero attached hydrogens (tertiary/aromatic N) is 4. The number of Topliss-reactive ketones (excluding diaryl/α,β-unsaturated/α-hetero) is 1. The number of thiazole rings is 1. The Hall–Kier alpha value is -4.19. The average Bonchev–Trinajstić information content (AvgIpc) is 3.53. The van der Waals surface area contributed by atoms with E-state index < -0.39 is 33.9 Å². The zero-order valence-electron chi connectivity index (χ0n) is 23.2. The molecule has 226 valence electrons. The van der Waals surface area contributed by atoms with E-state index in [1.165, 1.54) is 36.4 Å². The number of benzene rings is 2. The molecule has 2 atom stereocenters. The zero-order chi connectivity index (χ0) is 30.8. The molecule has 7 rings (SSSR count). The first-order valence-electron chi connectivity index (χ1n) is 14.2. The molecule has 3 aliphatic rings. The highest BCUT2D eigenvalue weighted by Gasteiger charge is 2.53. The van der Waals surface area contributed by atoms with Gasteiger partial charge in [-0.25, -0.2) is 18.4 Å². The fourth-order valence-corrected chi connectivity index (χ4v) is 7.37. The number of ketones is 1. The lowest BCUT2D eigenvalue weighted by Gasteiger charge is -2.47. The normalized spacial score (nSPS) is 21.3. The minimum absolute atomic E-state index is 0.0349. The molecule has 1 amide bonds. The van der Waals surface area contributed by atoms with E-state index in [1.807, 2.05) is 6.08 Å². The maximum absolute atomic E-state index is 14.4. The number of carbonyl (C=O) groups is 2. The fourth-order valence-electron chi connectivity index (χ4n) is 6.55. The lowest BCUT2D eigenvalue weighted by atomic mass is 9.60. The number of hydrogen-bond acceptors (Lipinski definition) is 5. The molecular formula is C32H25F5N4O2S. The van der Waals surface area contributed by atoms with Gasteiger partial charge in [-0.2, -0.15) is 18.3 Å². The molecule has 6 nitrogen and oxygen atoms in total. The van der Waals surface area contributed by atoms with Crippen LogP contribution in [0.2, 0.25) is 0 Å². The first-order chi connectivity index (χ1) is 21.0. The van der Waals surface area contributed by atoms with E-state index >= 15 is 0 Å². The van der Waals surface area contributed by atoms with Gasteiger partial charge in [0.15, 0.2) is 5.01 Å². The number of fused-ring (bicyclic) bond motifs is 2. The van der Waals surface area contributed by atoms with Crippen LogP contribution in [0.15, 0.2) is 66.5 Å². The zero-order valence-corrected chi connectivity index (χ0v) is 24.0. The van der Waals surface area contributed by atoms with Gasteiger partial charge < -0.3 is 4.90 Å². The van der Waals surface area contributed by atoms with Crippen molar-refractivity contribution in [1.82, 2.24) is 19.7 Å². The number of hydrogen-bond donors (Lipinski definition) is 0. The minimum Gasteiger partial charge on any atom is -0.333 e. The molecule has 0 radical (unpaired) electrons. The summed E-state index contributed by atoms with van der Waals surface area (Å²) in [6, 6.07) is 10.7. The molecule has 2 aromatic carbocycles. The Balaban J connectivity index is 1.29. The molecule has 0 saturated heterocycles. The Morgan fingerprint density at radius 3 is 2.25 bits per heavy atom. The maximum atomic E-state index is 14.4. The van der Waals surface area contributed by atoms with Gasteiger partial charge in [0, 0.05) is 17.6 Å². The number of carbonyl (C=O) groups excluding carboxylic acids is 2. The summed E-state index contributed by atoms with van der Waals surface area (Å²) in [7, 11) is 0. The summed E-state index contributed by atoms with van der Waals surface area (Å²) in [5.41, 5.74) is 1.87. The Kier molecular flexibility index (Phi) is 6.80. The summed E-state index contributed by atoms with van der Waals surface area (Å²) in [4.78, 5) is 32.9. The molecule has 0 spiro atoms. The van der Waals surface area contributed by atoms with Gasteiger partial charge in [-0.15, -0.1) is 11.3 Å². The SMILES string of the molecule is O=C(c1ccc(F)cc1)N(C1CC1)[C@H]1CCC2=Cc3c(cnn3-c3ccc(F)cc3)C[C@]2(C(=O)c2ncc(C(F)(F)F)s2)C1. The van der Waals surface area contributed by atoms with Crippen LogP contribution in [0.3, 0.4) is 0 Å². The molecule has 3 aliphatic carbocycles. The van der Waals surface area contributed by atoms with Crippen LogP contribution >= 0.6 is 11.3 Å². The van der Waals surface area contributed by atoms with Crippen molar-refractivity contribution in [3.63, 3.8) is 0 Å². The third kappa shape index (κ3) is 4.94. The van der Waals surface area contributed by atoms with Gasteiger partial charge in [-0.1, -0.05) is 5.57 Å². The number of aromatic nitrogens is 3. The van der Waals surface area contributed by atoms with Gasteiger partial charge in [0.2, 0.25) is 5.78 Å². The summed E-state index contributed by atoms with van der Waals surface area (Å²) in [6.07, 6.45) is 2.44. The Labute approximate surface area is 252 Å². The molecule has 0 aliphatic heterocycles. The largest absolute Gasteiger partial charge is 0.427 e. The molecule has 0 N–H and O–H groups in total. The van der Waals surface area contributed by atoms with E-state index in [2.05, 4.69) is 10.1 Å². The van der Waals surface area contributed by atoms with Crippen molar-refractivity contribution < 1.29 is 31.5 Å². The first-order valence-corrected chi connectivity index (χ1v) is 15.0. The van der Waals surface area contributed by atoms with Crippen molar-refractivity contribution in [2.24, 2.45) is 5.41 Å². The monoisotopic (exact) mass is 624 g/mol. The number of rotatable bonds is 6. The van der Waals surface area contributed by atoms with E-state index in [-0.39, 0.29) is 35.8 Å². The van der Waals surface area contributed by atoms with Gasteiger partial charge in [-0.3, -0.25) is 9.59 Å². The van der Waals surface area contributed by atoms with E-state index in [0.717, 1.165) is 18.4 Å². The average molecular weight is 625 g/mol. The molecular weight excluding hydrogens is 599 g/mol. The second-order valence-corrected chi connectivity index (χ2v) is 12.6. The van der Waals surface area contributed by atoms with Crippen LogP contribution < -0.4 is 0 Å². The molecule has 2 aromatic heterocycles. The van der Waals surface area contributed by atoms with Crippen LogP contribution in [0, 0.1) is 17.0 Å². The number of amides is 1. The predicted octanol–water partition coefficient (Wildman–Crippen LogP) is 7.29. The van der Waals surface area contributed by atoms with Crippen LogP contribution in [0.5, 0.6) is 0 Å². The second kappa shape index (κ2) is 10.5. The van der Waals surface area contributed by atoms with Gasteiger partial charge in [0.25, 0.3) is 5.91 Å². The van der Waals surface area contributed by atoms with Crippen molar-refractivity contribution in [3.8, 4) is 5.69 Å². The summed E-state index contributed by atoms with van der Waals surface area (Å²) >= 11 is 0.324. The molecule has 2 heterocycles. The topological polar surface area (TPSA) is 68.1 Å². The Morgan fingerprint density at radius 1 is 0.932 bits per heavy atom. The molecule has 4 aromatic rings. The smallest absolute Gasteiger partial charge is 0.333 e. The highest BCUT2D eigenvalue weighted by molar-refractivity contribution is 7.13. The van der Waals surface area contributed by atoms with Gasteiger partial charge in [-0.05, 0) is 98.7 Å². The van der Waals surface area contributed by atoms with Gasteiger partial charge >= 0.3 is 6.18 Å². The molecule has 2 saturated carbocycles. The highest BCUT2D eigenvalue weighted by Crippen LogP contribution is 2.52. The summed E-state index contributed by atoms with van der Waals surface area (Å²) in [6.45, 7) is 0. The van der Waals surface area contributed by atoms with Crippen molar-refractivity contribution in [2.45, 2.75) is 56.8 Å². The number of alkyl halides is 3. The van der Waals surface area contributed by atoms with Gasteiger partial charge in [0.1, 0.15) is 16.5 Å². The lowest BCUT2D eigenvalue weighted by Crippen LogP contribution is -2.51. The second-order valence-electron chi connectivity index (χ2n) is 11.6. The van der Waals surface area contributed by atoms with E-state index in [4.69, 9.17) is 0 Å². The third-order valence-electron chi connectivity index (χ3n) is 8.78. The molecule has 0 unspecified atom stereocenters. The lowest BCUT2D eigenvalue weighted by molar-refractivity contribution is -0.134. The van der Waals surface area contributed by atoms with Crippen molar-refractivity contribution in [2.75, 3.05) is 0 Å². The van der Waals surface area contributed by atoms with Crippen molar-refractivity contribution in [3.05, 3.63) is 105 Å². The molecule has 2 fully saturated rings. The standard InChI is InChI=1S/C32H25F5N4O2S/c33-21-4-1-18(2-5-21)30(43)40(23-11-12-23)25-8-3-20-13-26-19(16-39-41(26)24-9-6-22(34)7-10-24)14-31(20,15-25)28(42)29-38-17-27(44-29)32(35,36)37/h1-2,4-7,9-10,13,16-17,23,25H,3,8,11-12,14-15H2/t25-,31-/m0/s1. The van der Waals surface area contributed by atoms with Crippen LogP contribution in [0.4, 0.5) is 22.0 Å². The first kappa shape index (κ1) is 28.6. The third-order valence-corrected chi connectivity index (χ3v) is 9.82. The van der Waals surface area contributed by atoms with Crippen LogP contribution in [0.25, 0.3) is 11.8 Å². The maximum Gasteiger partial charge on any atom is 0.427 e. The van der Waals surface area contributed by atoms with Crippen LogP contribution in [-0.4, -0.2) is 43.4 Å². The molecule has 12 heteroatoms. The summed E-state index contributed by atoms with van der Waals surface area (Å²) < 4.78 is 69.4. The van der Waals surface area contributed by atoms with Crippen LogP contribution in [-0.2, 0) is 12.6 Å². The van der Waals surface area contributed by atoms with E-state index in [9.17, 15) is 31.5 Å². The Bertz CT molecular complexity index is 1790. The quantitative estimate of drug-likeness (QED) is 0.167. The van der Waals surface area contributed by atoms with Gasteiger partial charge in [0.05, 0.1) is 29.2 Å². The number of halogens is 5. The fraction of sp³-hybridized carbons (Fsp3) is 0.312. The van der Waals surface area contributed by atoms with E-state index in [0.29, 0.717) is 52.9 Å². The molecule has 0 bridgehead atoms. The van der Waals surface area contributed by atoms with Crippen molar-refractivity contribution >= 4 is 29.1 Å². The molecule has 44 heavy (non-hydrogen) atoms. The van der Waals surface area contributed by atoms with E-state index in [1.54, 1.807) is 27.9 Å². The highest BCUT2D eigenvalue weighted by atomic mass is 32.1. The number of allylic oxidation sites excluding steroid dienone is 1. The summed E-state index contributed by atoms with van der Waals surface area (Å²) in [5.74, 6) is -1.63. The Morgan fingerprint density at radius 2 is 1.61 bits per heavy atom. The summed E-state index contributed by atoms with van der Waals surface area (Å²) in [5, 5.41) is 4.27. The van der Waals surface area contributed by atoms with Crippen molar-refractivity contribution in [1.29, 1.82) is 0 Å². The van der Waals surface area contributed by atoms with Crippen LogP contribution in [0.1, 0.15) is 68.4 Å². The minimum atomic E-state index is -4.64.